The lowest BCUT2D eigenvalue weighted by molar-refractivity contribution is 0.0696. The van der Waals surface area contributed by atoms with Gasteiger partial charge in [0, 0.05) is 29.9 Å². The first-order chi connectivity index (χ1) is 9.75. The molecule has 0 radical (unpaired) electrons. The van der Waals surface area contributed by atoms with E-state index in [1.54, 1.807) is 23.9 Å². The van der Waals surface area contributed by atoms with Crippen molar-refractivity contribution < 1.29 is 9.90 Å². The highest BCUT2D eigenvalue weighted by atomic mass is 32.2. The van der Waals surface area contributed by atoms with Crippen LogP contribution >= 0.6 is 11.8 Å². The molecule has 0 aliphatic carbocycles. The van der Waals surface area contributed by atoms with E-state index in [1.165, 1.54) is 11.1 Å². The fraction of sp³-hybridized carbons (Fsp3) is 0.200. The molecule has 1 aromatic carbocycles. The lowest BCUT2D eigenvalue weighted by Crippen LogP contribution is -2.17. The fourth-order valence-corrected chi connectivity index (χ4v) is 2.46. The monoisotopic (exact) mass is 288 g/mol. The SMILES string of the molecule is O=C(O)c1ccc(CNCCSc2ccccc2)nc1. The number of aromatic carboxylic acids is 1. The van der Waals surface area contributed by atoms with Gasteiger partial charge in [-0.25, -0.2) is 4.79 Å². The summed E-state index contributed by atoms with van der Waals surface area (Å²) < 4.78 is 0. The van der Waals surface area contributed by atoms with Crippen LogP contribution in [0, 0.1) is 0 Å². The van der Waals surface area contributed by atoms with E-state index in [2.05, 4.69) is 22.4 Å². The van der Waals surface area contributed by atoms with Gasteiger partial charge in [0.05, 0.1) is 11.3 Å². The van der Waals surface area contributed by atoms with Gasteiger partial charge in [0.2, 0.25) is 0 Å². The van der Waals surface area contributed by atoms with Crippen molar-refractivity contribution in [2.45, 2.75) is 11.4 Å². The molecule has 2 rings (SSSR count). The zero-order chi connectivity index (χ0) is 14.2. The number of benzene rings is 1. The van der Waals surface area contributed by atoms with Crippen LogP contribution in [0.1, 0.15) is 16.1 Å². The van der Waals surface area contributed by atoms with Gasteiger partial charge in [0.15, 0.2) is 0 Å². The van der Waals surface area contributed by atoms with Gasteiger partial charge < -0.3 is 10.4 Å². The number of aromatic nitrogens is 1. The first-order valence-electron chi connectivity index (χ1n) is 6.32. The van der Waals surface area contributed by atoms with Gasteiger partial charge >= 0.3 is 5.97 Å². The topological polar surface area (TPSA) is 62.2 Å². The summed E-state index contributed by atoms with van der Waals surface area (Å²) in [6.45, 7) is 1.52. The third kappa shape index (κ3) is 4.68. The molecule has 0 saturated carbocycles. The highest BCUT2D eigenvalue weighted by molar-refractivity contribution is 7.99. The molecule has 0 bridgehead atoms. The van der Waals surface area contributed by atoms with Crippen LogP contribution in [0.25, 0.3) is 0 Å². The molecule has 0 amide bonds. The number of hydrogen-bond acceptors (Lipinski definition) is 4. The van der Waals surface area contributed by atoms with Crippen LogP contribution in [0.15, 0.2) is 53.6 Å². The maximum Gasteiger partial charge on any atom is 0.337 e. The number of nitrogens with zero attached hydrogens (tertiary/aromatic N) is 1. The van der Waals surface area contributed by atoms with E-state index in [9.17, 15) is 4.79 Å². The van der Waals surface area contributed by atoms with E-state index >= 15 is 0 Å². The summed E-state index contributed by atoms with van der Waals surface area (Å²) in [7, 11) is 0. The minimum Gasteiger partial charge on any atom is -0.478 e. The molecular weight excluding hydrogens is 272 g/mol. The third-order valence-electron chi connectivity index (χ3n) is 2.67. The molecular formula is C15H16N2O2S. The second-order valence-electron chi connectivity index (χ2n) is 4.18. The molecule has 0 saturated heterocycles. The van der Waals surface area contributed by atoms with Gasteiger partial charge in [-0.3, -0.25) is 4.98 Å². The molecule has 1 aromatic heterocycles. The fourth-order valence-electron chi connectivity index (χ4n) is 1.63. The summed E-state index contributed by atoms with van der Waals surface area (Å²) in [5, 5.41) is 12.1. The van der Waals surface area contributed by atoms with Crippen molar-refractivity contribution in [2.24, 2.45) is 0 Å². The van der Waals surface area contributed by atoms with Crippen LogP contribution < -0.4 is 5.32 Å². The van der Waals surface area contributed by atoms with E-state index in [-0.39, 0.29) is 5.56 Å². The molecule has 2 N–H and O–H groups in total. The van der Waals surface area contributed by atoms with Crippen LogP contribution in [0.2, 0.25) is 0 Å². The predicted octanol–water partition coefficient (Wildman–Crippen LogP) is 2.66. The number of hydrogen-bond donors (Lipinski definition) is 2. The van der Waals surface area contributed by atoms with Crippen molar-refractivity contribution in [3.8, 4) is 0 Å². The van der Waals surface area contributed by atoms with Crippen molar-refractivity contribution in [1.29, 1.82) is 0 Å². The van der Waals surface area contributed by atoms with Crippen molar-refractivity contribution >= 4 is 17.7 Å². The lowest BCUT2D eigenvalue weighted by Gasteiger charge is -2.05. The molecule has 0 atom stereocenters. The first kappa shape index (κ1) is 14.6. The number of thioether (sulfide) groups is 1. The normalized spacial score (nSPS) is 10.4. The highest BCUT2D eigenvalue weighted by Gasteiger charge is 2.02. The molecule has 1 heterocycles. The van der Waals surface area contributed by atoms with Crippen molar-refractivity contribution in [3.63, 3.8) is 0 Å². The molecule has 0 spiro atoms. The van der Waals surface area contributed by atoms with Gasteiger partial charge in [-0.15, -0.1) is 11.8 Å². The average Bonchev–Trinajstić information content (AvgIpc) is 2.48. The minimum atomic E-state index is -0.948. The van der Waals surface area contributed by atoms with E-state index in [4.69, 9.17) is 5.11 Å². The molecule has 4 nitrogen and oxygen atoms in total. The molecule has 20 heavy (non-hydrogen) atoms. The number of carboxylic acids is 1. The highest BCUT2D eigenvalue weighted by Crippen LogP contribution is 2.15. The van der Waals surface area contributed by atoms with Crippen LogP contribution in [0.3, 0.4) is 0 Å². The summed E-state index contributed by atoms with van der Waals surface area (Å²) in [6.07, 6.45) is 1.39. The maximum atomic E-state index is 10.7. The van der Waals surface area contributed by atoms with E-state index < -0.39 is 5.97 Å². The van der Waals surface area contributed by atoms with Crippen LogP contribution in [0.5, 0.6) is 0 Å². The molecule has 0 fully saturated rings. The third-order valence-corrected chi connectivity index (χ3v) is 3.68. The second-order valence-corrected chi connectivity index (χ2v) is 5.35. The summed E-state index contributed by atoms with van der Waals surface area (Å²) in [4.78, 5) is 16.1. The molecule has 104 valence electrons. The summed E-state index contributed by atoms with van der Waals surface area (Å²) in [5.74, 6) is 0.0355. The van der Waals surface area contributed by atoms with Crippen LogP contribution in [0.4, 0.5) is 0 Å². The second kappa shape index (κ2) is 7.67. The smallest absolute Gasteiger partial charge is 0.337 e. The van der Waals surface area contributed by atoms with E-state index in [0.717, 1.165) is 18.0 Å². The standard InChI is InChI=1S/C15H16N2O2S/c18-15(19)12-6-7-13(17-10-12)11-16-8-9-20-14-4-2-1-3-5-14/h1-7,10,16H,8-9,11H2,(H,18,19). The summed E-state index contributed by atoms with van der Waals surface area (Å²) >= 11 is 1.80. The minimum absolute atomic E-state index is 0.216. The van der Waals surface area contributed by atoms with E-state index in [1.807, 2.05) is 18.2 Å². The van der Waals surface area contributed by atoms with Crippen LogP contribution in [-0.2, 0) is 6.54 Å². The summed E-state index contributed by atoms with van der Waals surface area (Å²) in [6, 6.07) is 13.6. The molecule has 0 aliphatic heterocycles. The van der Waals surface area contributed by atoms with E-state index in [0.29, 0.717) is 6.54 Å². The Labute approximate surface area is 122 Å². The maximum absolute atomic E-state index is 10.7. The predicted molar refractivity (Wildman–Crippen MR) is 80.1 cm³/mol. The zero-order valence-electron chi connectivity index (χ0n) is 11.0. The Bertz CT molecular complexity index is 544. The lowest BCUT2D eigenvalue weighted by atomic mass is 10.2. The Balaban J connectivity index is 1.67. The largest absolute Gasteiger partial charge is 0.478 e. The van der Waals surface area contributed by atoms with Crippen molar-refractivity contribution in [3.05, 3.63) is 59.9 Å². The Morgan fingerprint density at radius 2 is 2.00 bits per heavy atom. The Kier molecular flexibility index (Phi) is 5.58. The Morgan fingerprint density at radius 3 is 2.65 bits per heavy atom. The molecule has 5 heteroatoms. The molecule has 2 aromatic rings. The number of pyridine rings is 1. The van der Waals surface area contributed by atoms with Crippen LogP contribution in [-0.4, -0.2) is 28.4 Å². The molecule has 0 aliphatic rings. The first-order valence-corrected chi connectivity index (χ1v) is 7.31. The van der Waals surface area contributed by atoms with Gasteiger partial charge in [-0.05, 0) is 24.3 Å². The van der Waals surface area contributed by atoms with Crippen molar-refractivity contribution in [1.82, 2.24) is 10.3 Å². The molecule has 0 unspecified atom stereocenters. The number of carboxylic acid groups (broad SMARTS) is 1. The van der Waals surface area contributed by atoms with Gasteiger partial charge in [0.1, 0.15) is 0 Å². The number of carbonyl (C=O) groups is 1. The quantitative estimate of drug-likeness (QED) is 0.606. The Morgan fingerprint density at radius 1 is 1.20 bits per heavy atom. The van der Waals surface area contributed by atoms with Gasteiger partial charge in [0.25, 0.3) is 0 Å². The Hall–Kier alpha value is -1.85. The number of nitrogens with one attached hydrogen (secondary N) is 1. The zero-order valence-corrected chi connectivity index (χ0v) is 11.8. The summed E-state index contributed by atoms with van der Waals surface area (Å²) in [5.41, 5.74) is 1.06. The van der Waals surface area contributed by atoms with Gasteiger partial charge in [-0.1, -0.05) is 18.2 Å². The van der Waals surface area contributed by atoms with Gasteiger partial charge in [-0.2, -0.15) is 0 Å². The van der Waals surface area contributed by atoms with Crippen molar-refractivity contribution in [2.75, 3.05) is 12.3 Å². The average molecular weight is 288 g/mol. The number of rotatable bonds is 7.